The van der Waals surface area contributed by atoms with Gasteiger partial charge in [0.1, 0.15) is 17.3 Å². The second kappa shape index (κ2) is 11.8. The number of pyridine rings is 1. The largest absolute Gasteiger partial charge is 0.399 e. The minimum Gasteiger partial charge on any atom is -0.399 e. The smallest absolute Gasteiger partial charge is 0.388 e. The van der Waals surface area contributed by atoms with Gasteiger partial charge < -0.3 is 8.39 Å². The minimum absolute atomic E-state index is 0.0601. The summed E-state index contributed by atoms with van der Waals surface area (Å²) >= 11 is 0. The van der Waals surface area contributed by atoms with Gasteiger partial charge in [-0.3, -0.25) is 9.51 Å². The van der Waals surface area contributed by atoms with Crippen molar-refractivity contribution in [2.75, 3.05) is 0 Å². The maximum Gasteiger partial charge on any atom is 0.388 e. The van der Waals surface area contributed by atoms with Gasteiger partial charge in [0, 0.05) is 28.1 Å². The Morgan fingerprint density at radius 3 is 1.44 bits per heavy atom. The molecule has 0 amide bonds. The predicted molar refractivity (Wildman–Crippen MR) is 190 cm³/mol. The molecule has 0 unspecified atom stereocenters. The van der Waals surface area contributed by atoms with Crippen LogP contribution < -0.4 is 4.52 Å². The summed E-state index contributed by atoms with van der Waals surface area (Å²) in [5.41, 5.74) is 7.79. The highest BCUT2D eigenvalue weighted by Crippen LogP contribution is 2.46. The van der Waals surface area contributed by atoms with Crippen LogP contribution in [0.4, 0.5) is 0 Å². The van der Waals surface area contributed by atoms with Crippen molar-refractivity contribution in [2.24, 2.45) is 0 Å². The third kappa shape index (κ3) is 7.08. The molecule has 5 aromatic rings. The van der Waals surface area contributed by atoms with Crippen molar-refractivity contribution in [1.82, 2.24) is 4.98 Å². The van der Waals surface area contributed by atoms with Gasteiger partial charge in [-0.1, -0.05) is 132 Å². The third-order valence-corrected chi connectivity index (χ3v) is 9.44. The number of rotatable bonds is 4. The monoisotopic (exact) mass is 623 g/mol. The molecule has 0 N–H and O–H groups in total. The van der Waals surface area contributed by atoms with Crippen LogP contribution in [0.25, 0.3) is 21.9 Å². The first kappa shape index (κ1) is 33.0. The molecule has 0 saturated heterocycles. The van der Waals surface area contributed by atoms with E-state index < -0.39 is 14.3 Å². The Morgan fingerprint density at radius 2 is 1.04 bits per heavy atom. The number of nitrogens with zero attached hydrogens (tertiary/aromatic N) is 1. The first-order valence-corrected chi connectivity index (χ1v) is 17.1. The van der Waals surface area contributed by atoms with Crippen LogP contribution in [0.2, 0.25) is 0 Å². The molecule has 4 nitrogen and oxygen atoms in total. The van der Waals surface area contributed by atoms with Crippen LogP contribution in [0.3, 0.4) is 0 Å². The summed E-state index contributed by atoms with van der Waals surface area (Å²) < 4.78 is 21.0. The second-order valence-electron chi connectivity index (χ2n) is 16.4. The quantitative estimate of drug-likeness (QED) is 0.200. The standard InChI is InChI=1S/C40H50NO3P/c1-37(2,3)27-22-29-30-23-28(38(4,5)6)25-32(40(10,11)12)36(30)44-45(43-35(29)31(24-27)39(7,8)9)42-34(26-18-14-13-15-19-26)33-20-16-17-21-41-33/h13-25,34H,1-12H3/t34-/m0/s1. The van der Waals surface area contributed by atoms with Gasteiger partial charge >= 0.3 is 8.24 Å². The molecular formula is C40H50NO3P. The molecule has 0 saturated carbocycles. The first-order chi connectivity index (χ1) is 20.8. The first-order valence-electron chi connectivity index (χ1n) is 16.0. The Bertz CT molecular complexity index is 1710. The van der Waals surface area contributed by atoms with Crippen molar-refractivity contribution < 1.29 is 12.9 Å². The summed E-state index contributed by atoms with van der Waals surface area (Å²) in [7, 11) is -1.90. The molecular weight excluding hydrogens is 573 g/mol. The Kier molecular flexibility index (Phi) is 8.66. The average Bonchev–Trinajstić information content (AvgIpc) is 3.10. The minimum atomic E-state index is -1.90. The van der Waals surface area contributed by atoms with E-state index in [0.717, 1.165) is 44.3 Å². The third-order valence-electron chi connectivity index (χ3n) is 8.40. The van der Waals surface area contributed by atoms with E-state index in [1.54, 1.807) is 6.20 Å². The van der Waals surface area contributed by atoms with E-state index in [2.05, 4.69) is 119 Å². The zero-order valence-corrected chi connectivity index (χ0v) is 30.1. The van der Waals surface area contributed by atoms with Gasteiger partial charge in [0.05, 0.1) is 5.69 Å². The van der Waals surface area contributed by atoms with Gasteiger partial charge in [-0.25, -0.2) is 0 Å². The average molecular weight is 624 g/mol. The Balaban J connectivity index is 1.98. The van der Waals surface area contributed by atoms with Crippen LogP contribution in [-0.4, -0.2) is 4.98 Å². The molecule has 238 valence electrons. The van der Waals surface area contributed by atoms with Crippen LogP contribution >= 0.6 is 8.24 Å². The van der Waals surface area contributed by atoms with Crippen molar-refractivity contribution in [2.45, 2.75) is 111 Å². The van der Waals surface area contributed by atoms with E-state index in [-0.39, 0.29) is 21.7 Å². The highest BCUT2D eigenvalue weighted by Gasteiger charge is 2.29. The zero-order valence-electron chi connectivity index (χ0n) is 29.2. The van der Waals surface area contributed by atoms with Crippen molar-refractivity contribution in [3.8, 4) is 0 Å². The van der Waals surface area contributed by atoms with E-state index >= 15 is 0 Å². The van der Waals surface area contributed by atoms with Crippen LogP contribution in [-0.2, 0) is 21.7 Å². The number of hydrogen-bond acceptors (Lipinski definition) is 4. The Morgan fingerprint density at radius 1 is 0.578 bits per heavy atom. The fourth-order valence-corrected chi connectivity index (χ4v) is 6.79. The lowest BCUT2D eigenvalue weighted by atomic mass is 9.77. The second-order valence-corrected chi connectivity index (χ2v) is 17.4. The summed E-state index contributed by atoms with van der Waals surface area (Å²) in [4.78, 5) is 4.70. The number of fused-ring (bicyclic) bond motifs is 3. The molecule has 5 rings (SSSR count). The molecule has 2 heterocycles. The molecule has 2 aromatic heterocycles. The normalized spacial score (nSPS) is 13.8. The van der Waals surface area contributed by atoms with E-state index in [1.807, 2.05) is 36.4 Å². The maximum absolute atomic E-state index is 7.02. The predicted octanol–water partition coefficient (Wildman–Crippen LogP) is 12.1. The van der Waals surface area contributed by atoms with E-state index in [1.165, 1.54) is 11.1 Å². The lowest BCUT2D eigenvalue weighted by molar-refractivity contribution is 0.300. The highest BCUT2D eigenvalue weighted by molar-refractivity contribution is 7.31. The summed E-state index contributed by atoms with van der Waals surface area (Å²) in [6, 6.07) is 25.4. The molecule has 0 aliphatic heterocycles. The van der Waals surface area contributed by atoms with Crippen molar-refractivity contribution in [3.05, 3.63) is 113 Å². The Labute approximate surface area is 270 Å². The van der Waals surface area contributed by atoms with E-state index in [4.69, 9.17) is 17.9 Å². The molecule has 0 spiro atoms. The van der Waals surface area contributed by atoms with Gasteiger partial charge in [0.25, 0.3) is 0 Å². The van der Waals surface area contributed by atoms with Gasteiger partial charge in [-0.15, -0.1) is 0 Å². The van der Waals surface area contributed by atoms with Crippen molar-refractivity contribution in [1.29, 1.82) is 0 Å². The topological polar surface area (TPSA) is 48.4 Å². The molecule has 45 heavy (non-hydrogen) atoms. The van der Waals surface area contributed by atoms with Crippen molar-refractivity contribution in [3.63, 3.8) is 0 Å². The number of aromatic nitrogens is 1. The molecule has 5 heteroatoms. The fraction of sp³-hybridized carbons (Fsp3) is 0.425. The van der Waals surface area contributed by atoms with E-state index in [9.17, 15) is 0 Å². The summed E-state index contributed by atoms with van der Waals surface area (Å²) in [5.74, 6) is 0. The van der Waals surface area contributed by atoms with Gasteiger partial charge in [0.2, 0.25) is 0 Å². The van der Waals surface area contributed by atoms with E-state index in [0.29, 0.717) is 0 Å². The van der Waals surface area contributed by atoms with Crippen LogP contribution in [0.15, 0.2) is 87.4 Å². The number of benzene rings is 3. The Hall–Kier alpha value is -3.33. The molecule has 3 aromatic carbocycles. The number of hydrogen-bond donors (Lipinski definition) is 0. The molecule has 0 bridgehead atoms. The molecule has 0 aliphatic rings. The lowest BCUT2D eigenvalue weighted by Gasteiger charge is -2.27. The van der Waals surface area contributed by atoms with Crippen molar-refractivity contribution >= 4 is 30.2 Å². The maximum atomic E-state index is 7.02. The van der Waals surface area contributed by atoms with Gasteiger partial charge in [-0.05, 0) is 62.6 Å². The summed E-state index contributed by atoms with van der Waals surface area (Å²) in [5, 5.41) is 2.11. The fourth-order valence-electron chi connectivity index (χ4n) is 5.58. The SMILES string of the molecule is CC(C)(C)c1cc(C(C)(C)C)c2op(O[C@@H](c3ccccc3)c3ccccn3)oc3c(C(C)(C)C)cc(C(C)(C)C)cc3c2c1. The lowest BCUT2D eigenvalue weighted by Crippen LogP contribution is -2.17. The van der Waals surface area contributed by atoms with Gasteiger partial charge in [0.15, 0.2) is 0 Å². The van der Waals surface area contributed by atoms with Crippen LogP contribution in [0.5, 0.6) is 0 Å². The summed E-state index contributed by atoms with van der Waals surface area (Å²) in [6.45, 7) is 27.1. The molecule has 0 aliphatic carbocycles. The van der Waals surface area contributed by atoms with Gasteiger partial charge in [-0.2, -0.15) is 0 Å². The van der Waals surface area contributed by atoms with Crippen LogP contribution in [0.1, 0.15) is 123 Å². The van der Waals surface area contributed by atoms with Crippen LogP contribution in [0, 0.1) is 0 Å². The molecule has 0 fully saturated rings. The highest BCUT2D eigenvalue weighted by atomic mass is 31.1. The molecule has 1 atom stereocenters. The molecule has 0 radical (unpaired) electrons. The summed E-state index contributed by atoms with van der Waals surface area (Å²) in [6.07, 6.45) is 1.33. The zero-order chi connectivity index (χ0) is 32.9.